The summed E-state index contributed by atoms with van der Waals surface area (Å²) in [6.07, 6.45) is 1.23. The molecule has 0 unspecified atom stereocenters. The zero-order valence-electron chi connectivity index (χ0n) is 28.1. The SMILES string of the molecule is C[C@@H](C(=O)N[C@H]1CN(C(=O)C(C)(C)C)CC[C@H]2CC[C@@H](C(=O)N[C@@H]3CCOc4cc(F)ccc43)N2C1=O)N(C)C(=O)OC(C)(C)C. The van der Waals surface area contributed by atoms with Gasteiger partial charge >= 0.3 is 6.09 Å². The number of ether oxygens (including phenoxy) is 2. The molecule has 2 saturated heterocycles. The van der Waals surface area contributed by atoms with Crippen LogP contribution >= 0.6 is 0 Å². The Morgan fingerprint density at radius 3 is 2.37 bits per heavy atom. The third kappa shape index (κ3) is 7.90. The zero-order chi connectivity index (χ0) is 34.1. The number of hydrogen-bond acceptors (Lipinski definition) is 7. The van der Waals surface area contributed by atoms with Crippen LogP contribution in [0.15, 0.2) is 18.2 Å². The van der Waals surface area contributed by atoms with Crippen LogP contribution in [-0.2, 0) is 23.9 Å². The zero-order valence-corrected chi connectivity index (χ0v) is 28.1. The maximum absolute atomic E-state index is 14.3. The van der Waals surface area contributed by atoms with Crippen molar-refractivity contribution < 1.29 is 37.8 Å². The summed E-state index contributed by atoms with van der Waals surface area (Å²) in [5.74, 6) is -1.63. The normalized spacial score (nSPS) is 24.0. The molecule has 1 aromatic carbocycles. The molecule has 2 fully saturated rings. The Balaban J connectivity index is 1.57. The first kappa shape index (κ1) is 35.0. The van der Waals surface area contributed by atoms with Gasteiger partial charge in [0.15, 0.2) is 0 Å². The number of benzene rings is 1. The van der Waals surface area contributed by atoms with Crippen LogP contribution in [0.5, 0.6) is 5.75 Å². The van der Waals surface area contributed by atoms with Crippen LogP contribution in [0.3, 0.4) is 0 Å². The number of likely N-dealkylation sites (N-methyl/N-ethyl adjacent to an activating group) is 1. The molecule has 0 bridgehead atoms. The van der Waals surface area contributed by atoms with Crippen molar-refractivity contribution in [2.45, 2.75) is 110 Å². The van der Waals surface area contributed by atoms with Crippen LogP contribution in [-0.4, -0.2) is 101 Å². The van der Waals surface area contributed by atoms with Crippen LogP contribution in [0.1, 0.15) is 85.8 Å². The average Bonchev–Trinajstić information content (AvgIpc) is 3.38. The number of rotatable bonds is 5. The Hall–Kier alpha value is -3.90. The van der Waals surface area contributed by atoms with Crippen molar-refractivity contribution in [1.82, 2.24) is 25.3 Å². The van der Waals surface area contributed by atoms with Gasteiger partial charge in [-0.15, -0.1) is 0 Å². The van der Waals surface area contributed by atoms with E-state index in [4.69, 9.17) is 9.47 Å². The molecule has 0 radical (unpaired) electrons. The van der Waals surface area contributed by atoms with E-state index in [0.717, 1.165) is 4.90 Å². The van der Waals surface area contributed by atoms with E-state index >= 15 is 0 Å². The van der Waals surface area contributed by atoms with Crippen molar-refractivity contribution in [3.63, 3.8) is 0 Å². The number of nitrogens with zero attached hydrogens (tertiary/aromatic N) is 3. The van der Waals surface area contributed by atoms with Gasteiger partial charge < -0.3 is 29.9 Å². The third-order valence-corrected chi connectivity index (χ3v) is 8.71. The molecule has 4 rings (SSSR count). The number of halogens is 1. The fourth-order valence-electron chi connectivity index (χ4n) is 6.14. The lowest BCUT2D eigenvalue weighted by Crippen LogP contribution is -2.63. The minimum atomic E-state index is -1.16. The van der Waals surface area contributed by atoms with Gasteiger partial charge in [-0.2, -0.15) is 0 Å². The minimum absolute atomic E-state index is 0.0833. The van der Waals surface area contributed by atoms with Gasteiger partial charge in [-0.3, -0.25) is 24.1 Å². The summed E-state index contributed by atoms with van der Waals surface area (Å²) in [4.78, 5) is 72.0. The number of nitrogens with one attached hydrogen (secondary N) is 2. The second kappa shape index (κ2) is 13.4. The minimum Gasteiger partial charge on any atom is -0.493 e. The maximum atomic E-state index is 14.3. The first-order valence-electron chi connectivity index (χ1n) is 16.0. The molecule has 254 valence electrons. The van der Waals surface area contributed by atoms with Gasteiger partial charge in [-0.1, -0.05) is 26.8 Å². The molecule has 2 N–H and O–H groups in total. The highest BCUT2D eigenvalue weighted by Gasteiger charge is 2.47. The molecule has 0 aliphatic carbocycles. The van der Waals surface area contributed by atoms with Gasteiger partial charge in [0.2, 0.25) is 23.6 Å². The van der Waals surface area contributed by atoms with Crippen molar-refractivity contribution in [2.75, 3.05) is 26.7 Å². The van der Waals surface area contributed by atoms with Crippen molar-refractivity contribution in [3.05, 3.63) is 29.6 Å². The molecule has 46 heavy (non-hydrogen) atoms. The Labute approximate surface area is 270 Å². The van der Waals surface area contributed by atoms with E-state index in [1.54, 1.807) is 57.4 Å². The molecule has 0 spiro atoms. The van der Waals surface area contributed by atoms with Crippen LogP contribution < -0.4 is 15.4 Å². The van der Waals surface area contributed by atoms with Crippen molar-refractivity contribution in [1.29, 1.82) is 0 Å². The largest absolute Gasteiger partial charge is 0.493 e. The van der Waals surface area contributed by atoms with Crippen LogP contribution in [0, 0.1) is 11.2 Å². The molecular weight excluding hydrogens is 597 g/mol. The number of hydrogen-bond donors (Lipinski definition) is 2. The monoisotopic (exact) mass is 645 g/mol. The highest BCUT2D eigenvalue weighted by Crippen LogP contribution is 2.35. The molecule has 12 nitrogen and oxygen atoms in total. The standard InChI is InChI=1S/C33H48FN5O7/c1-19(37(8)31(44)46-33(5,6)7)27(40)36-24-18-38(30(43)32(2,3)4)15-13-21-10-12-25(39(21)29(24)42)28(41)35-23-14-16-45-26-17-20(34)9-11-22(23)26/h9,11,17,19,21,23-25H,10,12-16,18H2,1-8H3,(H,35,41)(H,36,40)/t19-,21+,23+,24-,25-/m0/s1. The molecule has 13 heteroatoms. The van der Waals surface area contributed by atoms with E-state index in [9.17, 15) is 28.4 Å². The molecule has 3 aliphatic rings. The molecular formula is C33H48FN5O7. The average molecular weight is 646 g/mol. The Kier molecular flexibility index (Phi) is 10.2. The highest BCUT2D eigenvalue weighted by atomic mass is 19.1. The fraction of sp³-hybridized carbons (Fsp3) is 0.667. The summed E-state index contributed by atoms with van der Waals surface area (Å²) >= 11 is 0. The van der Waals surface area contributed by atoms with E-state index < -0.39 is 58.9 Å². The van der Waals surface area contributed by atoms with Gasteiger partial charge in [0, 0.05) is 49.6 Å². The first-order chi connectivity index (χ1) is 21.4. The molecule has 5 amide bonds. The van der Waals surface area contributed by atoms with Crippen molar-refractivity contribution in [2.24, 2.45) is 5.41 Å². The first-order valence-corrected chi connectivity index (χ1v) is 16.0. The van der Waals surface area contributed by atoms with E-state index in [1.165, 1.54) is 26.1 Å². The third-order valence-electron chi connectivity index (χ3n) is 8.71. The van der Waals surface area contributed by atoms with E-state index in [2.05, 4.69) is 10.6 Å². The summed E-state index contributed by atoms with van der Waals surface area (Å²) in [5, 5.41) is 5.83. The van der Waals surface area contributed by atoms with Crippen molar-refractivity contribution in [3.8, 4) is 5.75 Å². The van der Waals surface area contributed by atoms with E-state index in [1.807, 2.05) is 0 Å². The van der Waals surface area contributed by atoms with Gasteiger partial charge in [0.05, 0.1) is 12.6 Å². The lowest BCUT2D eigenvalue weighted by atomic mass is 9.93. The lowest BCUT2D eigenvalue weighted by molar-refractivity contribution is -0.149. The second-order valence-electron chi connectivity index (χ2n) is 14.5. The Morgan fingerprint density at radius 2 is 1.72 bits per heavy atom. The molecule has 0 aromatic heterocycles. The molecule has 3 heterocycles. The van der Waals surface area contributed by atoms with Gasteiger partial charge in [0.25, 0.3) is 0 Å². The Bertz CT molecular complexity index is 1360. The van der Waals surface area contributed by atoms with Crippen LogP contribution in [0.2, 0.25) is 0 Å². The fourth-order valence-corrected chi connectivity index (χ4v) is 6.14. The smallest absolute Gasteiger partial charge is 0.410 e. The van der Waals surface area contributed by atoms with E-state index in [0.29, 0.717) is 50.1 Å². The lowest BCUT2D eigenvalue weighted by Gasteiger charge is -2.41. The predicted octanol–water partition coefficient (Wildman–Crippen LogP) is 3.14. The maximum Gasteiger partial charge on any atom is 0.410 e. The van der Waals surface area contributed by atoms with Gasteiger partial charge in [0.1, 0.15) is 35.3 Å². The molecule has 0 saturated carbocycles. The topological polar surface area (TPSA) is 138 Å². The summed E-state index contributed by atoms with van der Waals surface area (Å²) in [6, 6.07) is 0.518. The number of carbonyl (C=O) groups is 5. The van der Waals surface area contributed by atoms with Gasteiger partial charge in [-0.05, 0) is 53.0 Å². The highest BCUT2D eigenvalue weighted by molar-refractivity contribution is 5.95. The predicted molar refractivity (Wildman–Crippen MR) is 167 cm³/mol. The number of fused-ring (bicyclic) bond motifs is 2. The van der Waals surface area contributed by atoms with Crippen molar-refractivity contribution >= 4 is 29.7 Å². The summed E-state index contributed by atoms with van der Waals surface area (Å²) in [5.41, 5.74) is -0.824. The summed E-state index contributed by atoms with van der Waals surface area (Å²) in [7, 11) is 1.44. The van der Waals surface area contributed by atoms with Gasteiger partial charge in [-0.25, -0.2) is 9.18 Å². The van der Waals surface area contributed by atoms with E-state index in [-0.39, 0.29) is 24.4 Å². The quantitative estimate of drug-likeness (QED) is 0.502. The number of amides is 5. The molecule has 3 aliphatic heterocycles. The van der Waals surface area contributed by atoms with Crippen LogP contribution in [0.25, 0.3) is 0 Å². The molecule has 1 aromatic rings. The summed E-state index contributed by atoms with van der Waals surface area (Å²) in [6.45, 7) is 12.6. The molecule has 5 atom stereocenters. The number of carbonyl (C=O) groups excluding carboxylic acids is 5. The van der Waals surface area contributed by atoms with Crippen LogP contribution in [0.4, 0.5) is 9.18 Å². The summed E-state index contributed by atoms with van der Waals surface area (Å²) < 4.78 is 24.8. The second-order valence-corrected chi connectivity index (χ2v) is 14.5. The Morgan fingerprint density at radius 1 is 1.02 bits per heavy atom.